The fourth-order valence-corrected chi connectivity index (χ4v) is 3.57. The summed E-state index contributed by atoms with van der Waals surface area (Å²) < 4.78 is 37.4. The molecule has 1 amide bonds. The van der Waals surface area contributed by atoms with Gasteiger partial charge in [-0.2, -0.15) is 0 Å². The van der Waals surface area contributed by atoms with Crippen LogP contribution in [0.25, 0.3) is 0 Å². The van der Waals surface area contributed by atoms with E-state index >= 15 is 0 Å². The number of benzene rings is 2. The third-order valence-corrected chi connectivity index (χ3v) is 5.16. The molecular formula is C23H22F2N2O3. The average Bonchev–Trinajstić information content (AvgIpc) is 3.23. The topological polar surface area (TPSA) is 55.6 Å². The number of ether oxygens (including phenoxy) is 1. The maximum atomic E-state index is 13.0. The molecule has 4 rings (SSSR count). The Morgan fingerprint density at radius 3 is 2.53 bits per heavy atom. The summed E-state index contributed by atoms with van der Waals surface area (Å²) in [6.45, 7) is 1.08. The van der Waals surface area contributed by atoms with E-state index in [1.165, 1.54) is 36.4 Å². The molecule has 2 aromatic carbocycles. The lowest BCUT2D eigenvalue weighted by Gasteiger charge is -2.31. The summed E-state index contributed by atoms with van der Waals surface area (Å²) in [4.78, 5) is 18.7. The van der Waals surface area contributed by atoms with E-state index < -0.39 is 0 Å². The second-order valence-electron chi connectivity index (χ2n) is 7.39. The first-order valence-electron chi connectivity index (χ1n) is 9.92. The molecule has 2 heterocycles. The molecule has 3 aromatic rings. The quantitative estimate of drug-likeness (QED) is 0.605. The maximum absolute atomic E-state index is 13.0. The lowest BCUT2D eigenvalue weighted by atomic mass is 9.98. The lowest BCUT2D eigenvalue weighted by Crippen LogP contribution is -2.41. The van der Waals surface area contributed by atoms with Gasteiger partial charge in [-0.3, -0.25) is 4.79 Å². The zero-order chi connectivity index (χ0) is 20.9. The van der Waals surface area contributed by atoms with Crippen LogP contribution in [-0.4, -0.2) is 35.5 Å². The fourth-order valence-electron chi connectivity index (χ4n) is 3.57. The third kappa shape index (κ3) is 5.03. The van der Waals surface area contributed by atoms with Gasteiger partial charge in [-0.15, -0.1) is 0 Å². The van der Waals surface area contributed by atoms with Crippen LogP contribution in [0.15, 0.2) is 59.1 Å². The van der Waals surface area contributed by atoms with Crippen molar-refractivity contribution in [2.75, 3.05) is 19.7 Å². The molecule has 0 aliphatic carbocycles. The molecular weight excluding hydrogens is 390 g/mol. The van der Waals surface area contributed by atoms with E-state index in [1.807, 2.05) is 0 Å². The fraction of sp³-hybridized carbons (Fsp3) is 0.304. The van der Waals surface area contributed by atoms with Gasteiger partial charge in [0.1, 0.15) is 23.1 Å². The minimum atomic E-state index is -0.350. The Morgan fingerprint density at radius 1 is 1.10 bits per heavy atom. The number of nitrogens with zero attached hydrogens (tertiary/aromatic N) is 2. The number of piperidine rings is 1. The minimum Gasteiger partial charge on any atom is -0.484 e. The maximum Gasteiger partial charge on any atom is 0.260 e. The number of carbonyl (C=O) groups is 1. The summed E-state index contributed by atoms with van der Waals surface area (Å²) in [5.74, 6) is 1.06. The van der Waals surface area contributed by atoms with Crippen LogP contribution >= 0.6 is 0 Å². The van der Waals surface area contributed by atoms with Gasteiger partial charge < -0.3 is 14.1 Å². The number of hydrogen-bond donors (Lipinski definition) is 0. The highest BCUT2D eigenvalue weighted by Gasteiger charge is 2.28. The standard InChI is InChI=1S/C23H22F2N2O3/c24-18-5-3-16(4-6-18)12-21-13-26-23(30-21)17-2-1-11-27(14-17)22(28)15-29-20-9-7-19(25)8-10-20/h3-10,13,17H,1-2,11-12,14-15H2. The van der Waals surface area contributed by atoms with Gasteiger partial charge in [0.15, 0.2) is 12.5 Å². The van der Waals surface area contributed by atoms with E-state index in [0.29, 0.717) is 36.9 Å². The summed E-state index contributed by atoms with van der Waals surface area (Å²) >= 11 is 0. The molecule has 0 bridgehead atoms. The molecule has 1 fully saturated rings. The van der Waals surface area contributed by atoms with Gasteiger partial charge in [-0.1, -0.05) is 12.1 Å². The first-order valence-corrected chi connectivity index (χ1v) is 9.92. The molecule has 1 atom stereocenters. The van der Waals surface area contributed by atoms with Gasteiger partial charge in [0.25, 0.3) is 5.91 Å². The lowest BCUT2D eigenvalue weighted by molar-refractivity contribution is -0.134. The smallest absolute Gasteiger partial charge is 0.260 e. The molecule has 30 heavy (non-hydrogen) atoms. The summed E-state index contributed by atoms with van der Waals surface area (Å²) in [6, 6.07) is 11.9. The van der Waals surface area contributed by atoms with Crippen LogP contribution in [0.4, 0.5) is 8.78 Å². The van der Waals surface area contributed by atoms with Crippen LogP contribution in [0.3, 0.4) is 0 Å². The van der Waals surface area contributed by atoms with E-state index in [2.05, 4.69) is 4.98 Å². The molecule has 0 spiro atoms. The Morgan fingerprint density at radius 2 is 1.80 bits per heavy atom. The minimum absolute atomic E-state index is 0.0236. The Balaban J connectivity index is 1.33. The Kier molecular flexibility index (Phi) is 6.07. The number of aromatic nitrogens is 1. The van der Waals surface area contributed by atoms with Crippen molar-refractivity contribution in [3.8, 4) is 5.75 Å². The van der Waals surface area contributed by atoms with E-state index in [1.54, 1.807) is 23.2 Å². The van der Waals surface area contributed by atoms with Crippen molar-refractivity contribution in [2.45, 2.75) is 25.2 Å². The molecule has 1 aromatic heterocycles. The number of carbonyl (C=O) groups excluding carboxylic acids is 1. The number of amides is 1. The van der Waals surface area contributed by atoms with Crippen molar-refractivity contribution in [3.05, 3.63) is 83.6 Å². The van der Waals surface area contributed by atoms with Crippen LogP contribution in [0.1, 0.15) is 36.0 Å². The van der Waals surface area contributed by atoms with Gasteiger partial charge in [0.05, 0.1) is 12.1 Å². The molecule has 1 unspecified atom stereocenters. The van der Waals surface area contributed by atoms with Gasteiger partial charge >= 0.3 is 0 Å². The molecule has 0 radical (unpaired) electrons. The van der Waals surface area contributed by atoms with Crippen molar-refractivity contribution in [1.29, 1.82) is 0 Å². The van der Waals surface area contributed by atoms with E-state index in [-0.39, 0.29) is 30.1 Å². The van der Waals surface area contributed by atoms with Crippen molar-refractivity contribution >= 4 is 5.91 Å². The highest BCUT2D eigenvalue weighted by atomic mass is 19.1. The predicted octanol–water partition coefficient (Wildman–Crippen LogP) is 4.33. The number of oxazole rings is 1. The van der Waals surface area contributed by atoms with E-state index in [4.69, 9.17) is 9.15 Å². The molecule has 7 heteroatoms. The SMILES string of the molecule is O=C(COc1ccc(F)cc1)N1CCCC(c2ncc(Cc3ccc(F)cc3)o2)C1. The second kappa shape index (κ2) is 9.07. The molecule has 0 saturated carbocycles. The van der Waals surface area contributed by atoms with Crippen molar-refractivity contribution in [2.24, 2.45) is 0 Å². The summed E-state index contributed by atoms with van der Waals surface area (Å²) in [7, 11) is 0. The van der Waals surface area contributed by atoms with Crippen molar-refractivity contribution in [1.82, 2.24) is 9.88 Å². The average molecular weight is 412 g/mol. The third-order valence-electron chi connectivity index (χ3n) is 5.16. The number of hydrogen-bond acceptors (Lipinski definition) is 4. The summed E-state index contributed by atoms with van der Waals surface area (Å²) in [5.41, 5.74) is 0.942. The highest BCUT2D eigenvalue weighted by Crippen LogP contribution is 2.27. The zero-order valence-electron chi connectivity index (χ0n) is 16.4. The van der Waals surface area contributed by atoms with Crippen LogP contribution in [-0.2, 0) is 11.2 Å². The van der Waals surface area contributed by atoms with E-state index in [9.17, 15) is 13.6 Å². The second-order valence-corrected chi connectivity index (χ2v) is 7.39. The van der Waals surface area contributed by atoms with Crippen molar-refractivity contribution < 1.29 is 22.7 Å². The number of rotatable bonds is 6. The predicted molar refractivity (Wildman–Crippen MR) is 106 cm³/mol. The largest absolute Gasteiger partial charge is 0.484 e. The number of likely N-dealkylation sites (tertiary alicyclic amines) is 1. The molecule has 1 aliphatic rings. The van der Waals surface area contributed by atoms with Crippen LogP contribution in [0, 0.1) is 11.6 Å². The Bertz CT molecular complexity index is 986. The molecule has 156 valence electrons. The number of halogens is 2. The Hall–Kier alpha value is -3.22. The summed E-state index contributed by atoms with van der Waals surface area (Å²) in [5, 5.41) is 0. The van der Waals surface area contributed by atoms with Crippen LogP contribution in [0.5, 0.6) is 5.75 Å². The highest BCUT2D eigenvalue weighted by molar-refractivity contribution is 5.78. The van der Waals surface area contributed by atoms with Gasteiger partial charge in [-0.25, -0.2) is 13.8 Å². The zero-order valence-corrected chi connectivity index (χ0v) is 16.4. The van der Waals surface area contributed by atoms with Gasteiger partial charge in [0, 0.05) is 19.5 Å². The molecule has 5 nitrogen and oxygen atoms in total. The molecule has 1 aliphatic heterocycles. The summed E-state index contributed by atoms with van der Waals surface area (Å²) in [6.07, 6.45) is 3.97. The van der Waals surface area contributed by atoms with Crippen LogP contribution < -0.4 is 4.74 Å². The normalized spacial score (nSPS) is 16.5. The monoisotopic (exact) mass is 412 g/mol. The van der Waals surface area contributed by atoms with Gasteiger partial charge in [0.2, 0.25) is 0 Å². The molecule has 1 saturated heterocycles. The van der Waals surface area contributed by atoms with E-state index in [0.717, 1.165) is 18.4 Å². The first-order chi connectivity index (χ1) is 14.6. The van der Waals surface area contributed by atoms with Gasteiger partial charge in [-0.05, 0) is 54.8 Å². The Labute approximate surface area is 173 Å². The first kappa shape index (κ1) is 20.1. The van der Waals surface area contributed by atoms with Crippen molar-refractivity contribution in [3.63, 3.8) is 0 Å². The molecule has 0 N–H and O–H groups in total. The van der Waals surface area contributed by atoms with Crippen LogP contribution in [0.2, 0.25) is 0 Å².